The lowest BCUT2D eigenvalue weighted by Crippen LogP contribution is -2.17. The minimum absolute atomic E-state index is 0.200. The van der Waals surface area contributed by atoms with Gasteiger partial charge in [0.05, 0.1) is 11.4 Å². The molecule has 3 rings (SSSR count). The predicted octanol–water partition coefficient (Wildman–Crippen LogP) is 3.67. The van der Waals surface area contributed by atoms with Crippen LogP contribution in [-0.2, 0) is 12.8 Å². The van der Waals surface area contributed by atoms with Crippen LogP contribution in [0.15, 0.2) is 52.0 Å². The van der Waals surface area contributed by atoms with Crippen molar-refractivity contribution in [1.29, 1.82) is 0 Å². The van der Waals surface area contributed by atoms with Crippen LogP contribution < -0.4 is 16.6 Å². The molecule has 0 unspecified atom stereocenters. The lowest BCUT2D eigenvalue weighted by molar-refractivity contribution is 0.627. The third-order valence-electron chi connectivity index (χ3n) is 4.28. The largest absolute Gasteiger partial charge is 0.397 e. The van der Waals surface area contributed by atoms with Gasteiger partial charge in [0.2, 0.25) is 5.95 Å². The number of anilines is 2. The summed E-state index contributed by atoms with van der Waals surface area (Å²) in [6.07, 6.45) is 6.30. The van der Waals surface area contributed by atoms with Crippen molar-refractivity contribution < 1.29 is 4.39 Å². The molecule has 0 aliphatic rings. The maximum Gasteiger partial charge on any atom is 0.255 e. The van der Waals surface area contributed by atoms with E-state index in [1.54, 1.807) is 24.5 Å². The van der Waals surface area contributed by atoms with E-state index in [0.717, 1.165) is 35.0 Å². The normalized spacial score (nSPS) is 10.8. The molecule has 0 saturated carbocycles. The van der Waals surface area contributed by atoms with Gasteiger partial charge in [-0.25, -0.2) is 9.37 Å². The number of H-pyrrole nitrogens is 1. The van der Waals surface area contributed by atoms with Gasteiger partial charge >= 0.3 is 0 Å². The summed E-state index contributed by atoms with van der Waals surface area (Å²) in [6.45, 7) is 0.677. The monoisotopic (exact) mass is 445 g/mol. The zero-order chi connectivity index (χ0) is 19.9. The average molecular weight is 446 g/mol. The summed E-state index contributed by atoms with van der Waals surface area (Å²) in [4.78, 5) is 23.5. The van der Waals surface area contributed by atoms with Crippen molar-refractivity contribution in [3.8, 4) is 0 Å². The van der Waals surface area contributed by atoms with Gasteiger partial charge in [-0.1, -0.05) is 12.1 Å². The highest BCUT2D eigenvalue weighted by atomic mass is 79.9. The Bertz CT molecular complexity index is 991. The smallest absolute Gasteiger partial charge is 0.255 e. The van der Waals surface area contributed by atoms with Gasteiger partial charge in [0.1, 0.15) is 5.82 Å². The second-order valence-electron chi connectivity index (χ2n) is 6.46. The van der Waals surface area contributed by atoms with E-state index in [1.165, 1.54) is 12.1 Å². The third kappa shape index (κ3) is 5.63. The molecule has 1 aromatic carbocycles. The summed E-state index contributed by atoms with van der Waals surface area (Å²) in [6, 6.07) is 7.93. The number of unbranched alkanes of at least 4 members (excludes halogenated alkanes) is 1. The third-order valence-corrected chi connectivity index (χ3v) is 4.72. The zero-order valence-corrected chi connectivity index (χ0v) is 16.8. The van der Waals surface area contributed by atoms with E-state index in [2.05, 4.69) is 36.2 Å². The van der Waals surface area contributed by atoms with E-state index in [9.17, 15) is 9.18 Å². The number of nitrogens with two attached hydrogens (primary N) is 1. The summed E-state index contributed by atoms with van der Waals surface area (Å²) in [7, 11) is 0. The van der Waals surface area contributed by atoms with E-state index in [1.807, 2.05) is 6.07 Å². The van der Waals surface area contributed by atoms with Gasteiger partial charge in [0.25, 0.3) is 5.56 Å². The lowest BCUT2D eigenvalue weighted by atomic mass is 10.1. The van der Waals surface area contributed by atoms with Gasteiger partial charge in [0, 0.05) is 35.4 Å². The molecule has 146 valence electrons. The van der Waals surface area contributed by atoms with Crippen LogP contribution in [0.25, 0.3) is 0 Å². The Kier molecular flexibility index (Phi) is 6.76. The molecule has 4 N–H and O–H groups in total. The van der Waals surface area contributed by atoms with Crippen molar-refractivity contribution in [3.05, 3.63) is 80.2 Å². The van der Waals surface area contributed by atoms with Crippen LogP contribution in [-0.4, -0.2) is 21.5 Å². The number of rotatable bonds is 8. The number of nitrogen functional groups attached to an aromatic ring is 1. The van der Waals surface area contributed by atoms with Crippen molar-refractivity contribution in [2.75, 3.05) is 17.6 Å². The van der Waals surface area contributed by atoms with Crippen LogP contribution in [0.3, 0.4) is 0 Å². The molecule has 0 radical (unpaired) electrons. The van der Waals surface area contributed by atoms with Crippen LogP contribution >= 0.6 is 15.9 Å². The van der Waals surface area contributed by atoms with Gasteiger partial charge in [0.15, 0.2) is 0 Å². The fourth-order valence-electron chi connectivity index (χ4n) is 2.78. The molecule has 8 heteroatoms. The van der Waals surface area contributed by atoms with Gasteiger partial charge in [-0.15, -0.1) is 0 Å². The van der Waals surface area contributed by atoms with Crippen molar-refractivity contribution in [1.82, 2.24) is 15.0 Å². The minimum Gasteiger partial charge on any atom is -0.397 e. The molecule has 0 spiro atoms. The number of pyridine rings is 1. The quantitative estimate of drug-likeness (QED) is 0.459. The van der Waals surface area contributed by atoms with Crippen molar-refractivity contribution in [3.63, 3.8) is 0 Å². The molecule has 0 aliphatic carbocycles. The Morgan fingerprint density at radius 3 is 2.64 bits per heavy atom. The molecule has 0 fully saturated rings. The predicted molar refractivity (Wildman–Crippen MR) is 112 cm³/mol. The fourth-order valence-corrected chi connectivity index (χ4v) is 3.12. The van der Waals surface area contributed by atoms with Crippen LogP contribution in [0, 0.1) is 5.82 Å². The number of halogens is 2. The Morgan fingerprint density at radius 2 is 1.93 bits per heavy atom. The first kappa shape index (κ1) is 20.0. The molecule has 0 aliphatic heterocycles. The van der Waals surface area contributed by atoms with E-state index in [0.29, 0.717) is 30.2 Å². The van der Waals surface area contributed by atoms with Gasteiger partial charge in [-0.3, -0.25) is 14.8 Å². The summed E-state index contributed by atoms with van der Waals surface area (Å²) >= 11 is 3.34. The number of hydrogen-bond donors (Lipinski definition) is 3. The fraction of sp³-hybridized carbons (Fsp3) is 0.250. The van der Waals surface area contributed by atoms with Gasteiger partial charge in [-0.2, -0.15) is 0 Å². The second-order valence-corrected chi connectivity index (χ2v) is 7.38. The zero-order valence-electron chi connectivity index (χ0n) is 15.2. The summed E-state index contributed by atoms with van der Waals surface area (Å²) in [5.74, 6) is 0.142. The molecule has 3 aromatic rings. The number of hydrogen-bond acceptors (Lipinski definition) is 5. The average Bonchev–Trinajstić information content (AvgIpc) is 2.67. The SMILES string of the molecule is Nc1cc(Br)cnc1CCCCNc1ncc(Cc2ccc(F)cc2)c(=O)[nH]1. The van der Waals surface area contributed by atoms with E-state index in [4.69, 9.17) is 5.73 Å². The number of nitrogens with zero attached hydrogens (tertiary/aromatic N) is 2. The Balaban J connectivity index is 1.46. The van der Waals surface area contributed by atoms with Crippen LogP contribution in [0.2, 0.25) is 0 Å². The highest BCUT2D eigenvalue weighted by molar-refractivity contribution is 9.10. The number of nitrogens with one attached hydrogen (secondary N) is 2. The topological polar surface area (TPSA) is 96.7 Å². The van der Waals surface area contributed by atoms with Gasteiger partial charge in [-0.05, 0) is 59.0 Å². The van der Waals surface area contributed by atoms with Gasteiger partial charge < -0.3 is 11.1 Å². The van der Waals surface area contributed by atoms with Crippen LogP contribution in [0.5, 0.6) is 0 Å². The molecule has 0 bridgehead atoms. The summed E-state index contributed by atoms with van der Waals surface area (Å²) < 4.78 is 13.8. The molecular formula is C20H21BrFN5O. The van der Waals surface area contributed by atoms with Crippen molar-refractivity contribution in [2.24, 2.45) is 0 Å². The maximum atomic E-state index is 13.0. The van der Waals surface area contributed by atoms with Crippen molar-refractivity contribution in [2.45, 2.75) is 25.7 Å². The Morgan fingerprint density at radius 1 is 1.14 bits per heavy atom. The molecule has 0 saturated heterocycles. The first-order chi connectivity index (χ1) is 13.5. The Hall–Kier alpha value is -2.74. The highest BCUT2D eigenvalue weighted by Crippen LogP contribution is 2.17. The second kappa shape index (κ2) is 9.45. The van der Waals surface area contributed by atoms with E-state index in [-0.39, 0.29) is 11.4 Å². The molecule has 28 heavy (non-hydrogen) atoms. The number of aromatic amines is 1. The maximum absolute atomic E-state index is 13.0. The molecular weight excluding hydrogens is 425 g/mol. The molecule has 6 nitrogen and oxygen atoms in total. The molecule has 2 aromatic heterocycles. The number of aryl methyl sites for hydroxylation is 1. The van der Waals surface area contributed by atoms with Crippen LogP contribution in [0.1, 0.15) is 29.7 Å². The number of benzene rings is 1. The first-order valence-electron chi connectivity index (χ1n) is 8.97. The van der Waals surface area contributed by atoms with Crippen molar-refractivity contribution >= 4 is 27.6 Å². The molecule has 0 amide bonds. The summed E-state index contributed by atoms with van der Waals surface area (Å²) in [5.41, 5.74) is 8.71. The highest BCUT2D eigenvalue weighted by Gasteiger charge is 2.05. The Labute approximate surface area is 170 Å². The first-order valence-corrected chi connectivity index (χ1v) is 9.77. The summed E-state index contributed by atoms with van der Waals surface area (Å²) in [5, 5.41) is 3.12. The van der Waals surface area contributed by atoms with Crippen LogP contribution in [0.4, 0.5) is 16.0 Å². The molecule has 2 heterocycles. The standard InChI is InChI=1S/C20H21BrFN5O/c21-15-10-17(23)18(25-12-15)3-1-2-8-24-20-26-11-14(19(28)27-20)9-13-4-6-16(22)7-5-13/h4-7,10-12H,1-3,8-9,23H2,(H2,24,26,27,28). The van der Waals surface area contributed by atoms with E-state index < -0.39 is 0 Å². The lowest BCUT2D eigenvalue weighted by Gasteiger charge is -2.07. The number of aromatic nitrogens is 3. The molecule has 0 atom stereocenters. The minimum atomic E-state index is -0.297. The van der Waals surface area contributed by atoms with E-state index >= 15 is 0 Å².